The molecule has 5 heteroatoms. The topological polar surface area (TPSA) is 75.4 Å². The second-order valence-corrected chi connectivity index (χ2v) is 6.93. The number of nitrogens with one attached hydrogen (secondary N) is 1. The van der Waals surface area contributed by atoms with Crippen molar-refractivity contribution in [1.82, 2.24) is 4.90 Å². The number of anilines is 1. The molecule has 0 spiro atoms. The van der Waals surface area contributed by atoms with E-state index in [1.807, 2.05) is 18.2 Å². The highest BCUT2D eigenvalue weighted by atomic mass is 16.2. The summed E-state index contributed by atoms with van der Waals surface area (Å²) in [5, 5.41) is 2.84. The van der Waals surface area contributed by atoms with Crippen LogP contribution in [0.4, 0.5) is 5.69 Å². The minimum atomic E-state index is -0.548. The summed E-state index contributed by atoms with van der Waals surface area (Å²) >= 11 is 0. The fraction of sp³-hybridized carbons (Fsp3) is 0.333. The van der Waals surface area contributed by atoms with Crippen LogP contribution in [0.3, 0.4) is 0 Å². The van der Waals surface area contributed by atoms with Gasteiger partial charge in [-0.3, -0.25) is 14.5 Å². The Balaban J connectivity index is 1.70. The molecule has 1 fully saturated rings. The van der Waals surface area contributed by atoms with Gasteiger partial charge < -0.3 is 11.1 Å². The summed E-state index contributed by atoms with van der Waals surface area (Å²) in [4.78, 5) is 26.4. The third-order valence-corrected chi connectivity index (χ3v) is 4.92. The number of para-hydroxylation sites is 1. The number of carbonyl (C=O) groups excluding carboxylic acids is 2. The lowest BCUT2D eigenvalue weighted by Crippen LogP contribution is -2.40. The maximum absolute atomic E-state index is 12.6. The van der Waals surface area contributed by atoms with Gasteiger partial charge in [0.25, 0.3) is 5.91 Å². The Morgan fingerprint density at radius 1 is 1.12 bits per heavy atom. The molecule has 136 valence electrons. The molecular formula is C21H25N3O2. The number of nitrogens with zero attached hydrogens (tertiary/aromatic N) is 1. The largest absolute Gasteiger partial charge is 0.366 e. The van der Waals surface area contributed by atoms with E-state index in [9.17, 15) is 9.59 Å². The zero-order valence-electron chi connectivity index (χ0n) is 15.0. The van der Waals surface area contributed by atoms with E-state index < -0.39 is 5.91 Å². The van der Waals surface area contributed by atoms with Crippen molar-refractivity contribution in [2.75, 3.05) is 11.9 Å². The van der Waals surface area contributed by atoms with E-state index in [4.69, 9.17) is 5.73 Å². The third kappa shape index (κ3) is 4.70. The van der Waals surface area contributed by atoms with Gasteiger partial charge in [0.1, 0.15) is 0 Å². The molecule has 1 saturated carbocycles. The molecule has 0 radical (unpaired) electrons. The maximum atomic E-state index is 12.6. The summed E-state index contributed by atoms with van der Waals surface area (Å²) in [7, 11) is 0. The summed E-state index contributed by atoms with van der Waals surface area (Å²) in [6.45, 7) is 3.19. The van der Waals surface area contributed by atoms with Crippen molar-refractivity contribution in [3.05, 3.63) is 65.7 Å². The Bertz CT molecular complexity index is 772. The van der Waals surface area contributed by atoms with Gasteiger partial charge in [-0.1, -0.05) is 42.5 Å². The number of primary amides is 1. The van der Waals surface area contributed by atoms with Gasteiger partial charge in [0.05, 0.1) is 17.8 Å². The van der Waals surface area contributed by atoms with Crippen LogP contribution in [0.5, 0.6) is 0 Å². The van der Waals surface area contributed by atoms with Crippen LogP contribution in [0.2, 0.25) is 0 Å². The highest BCUT2D eigenvalue weighted by Crippen LogP contribution is 2.35. The Morgan fingerprint density at radius 3 is 2.42 bits per heavy atom. The Morgan fingerprint density at radius 2 is 1.77 bits per heavy atom. The molecule has 0 heterocycles. The zero-order valence-corrected chi connectivity index (χ0v) is 15.0. The van der Waals surface area contributed by atoms with Gasteiger partial charge in [-0.05, 0) is 43.4 Å². The molecule has 1 atom stereocenters. The van der Waals surface area contributed by atoms with Crippen molar-refractivity contribution in [3.63, 3.8) is 0 Å². The molecule has 2 aromatic rings. The van der Waals surface area contributed by atoms with Crippen LogP contribution in [0.25, 0.3) is 0 Å². The lowest BCUT2D eigenvalue weighted by Gasteiger charge is -2.29. The predicted octanol–water partition coefficient (Wildman–Crippen LogP) is 3.02. The molecule has 3 rings (SSSR count). The molecular weight excluding hydrogens is 326 g/mol. The molecule has 0 aliphatic heterocycles. The molecule has 0 aromatic heterocycles. The minimum absolute atomic E-state index is 0.137. The van der Waals surface area contributed by atoms with Crippen molar-refractivity contribution in [2.24, 2.45) is 11.7 Å². The predicted molar refractivity (Wildman–Crippen MR) is 103 cm³/mol. The van der Waals surface area contributed by atoms with Crippen LogP contribution >= 0.6 is 0 Å². The van der Waals surface area contributed by atoms with Crippen LogP contribution in [0.15, 0.2) is 54.6 Å². The van der Waals surface area contributed by atoms with E-state index in [0.29, 0.717) is 23.2 Å². The lowest BCUT2D eigenvalue weighted by atomic mass is 10.1. The van der Waals surface area contributed by atoms with Gasteiger partial charge in [-0.15, -0.1) is 0 Å². The summed E-state index contributed by atoms with van der Waals surface area (Å²) in [6, 6.07) is 17.3. The fourth-order valence-electron chi connectivity index (χ4n) is 3.22. The van der Waals surface area contributed by atoms with E-state index >= 15 is 0 Å². The van der Waals surface area contributed by atoms with E-state index in [1.165, 1.54) is 18.4 Å². The summed E-state index contributed by atoms with van der Waals surface area (Å²) < 4.78 is 0. The molecule has 26 heavy (non-hydrogen) atoms. The first-order valence-corrected chi connectivity index (χ1v) is 9.01. The fourth-order valence-corrected chi connectivity index (χ4v) is 3.22. The first kappa shape index (κ1) is 18.1. The minimum Gasteiger partial charge on any atom is -0.366 e. The molecule has 1 aliphatic carbocycles. The average Bonchev–Trinajstić information content (AvgIpc) is 3.47. The normalized spacial score (nSPS) is 14.8. The number of hydrogen-bond acceptors (Lipinski definition) is 3. The first-order valence-electron chi connectivity index (χ1n) is 9.01. The molecule has 2 amide bonds. The molecule has 5 nitrogen and oxygen atoms in total. The second kappa shape index (κ2) is 8.15. The number of rotatable bonds is 8. The van der Waals surface area contributed by atoms with Crippen LogP contribution in [0, 0.1) is 5.92 Å². The van der Waals surface area contributed by atoms with E-state index in [0.717, 1.165) is 6.54 Å². The smallest absolute Gasteiger partial charge is 0.250 e. The number of benzene rings is 2. The number of nitrogens with two attached hydrogens (primary N) is 1. The van der Waals surface area contributed by atoms with Crippen molar-refractivity contribution in [3.8, 4) is 0 Å². The molecule has 0 unspecified atom stereocenters. The van der Waals surface area contributed by atoms with Gasteiger partial charge >= 0.3 is 0 Å². The molecule has 0 saturated heterocycles. The van der Waals surface area contributed by atoms with Gasteiger partial charge in [0.2, 0.25) is 5.91 Å². The van der Waals surface area contributed by atoms with Crippen molar-refractivity contribution in [1.29, 1.82) is 0 Å². The quantitative estimate of drug-likeness (QED) is 0.767. The highest BCUT2D eigenvalue weighted by molar-refractivity contribution is 6.03. The van der Waals surface area contributed by atoms with Crippen LogP contribution in [0.1, 0.15) is 35.7 Å². The van der Waals surface area contributed by atoms with Gasteiger partial charge in [0, 0.05) is 12.6 Å². The maximum Gasteiger partial charge on any atom is 0.250 e. The molecule has 2 aromatic carbocycles. The summed E-state index contributed by atoms with van der Waals surface area (Å²) in [6.07, 6.45) is 2.44. The average molecular weight is 351 g/mol. The number of hydrogen-bond donors (Lipinski definition) is 2. The van der Waals surface area contributed by atoms with Crippen molar-refractivity contribution >= 4 is 17.5 Å². The Labute approximate surface area is 154 Å². The van der Waals surface area contributed by atoms with Crippen LogP contribution < -0.4 is 11.1 Å². The number of carbonyl (C=O) groups is 2. The molecule has 0 bridgehead atoms. The van der Waals surface area contributed by atoms with E-state index in [-0.39, 0.29) is 12.5 Å². The third-order valence-electron chi connectivity index (χ3n) is 4.92. The monoisotopic (exact) mass is 351 g/mol. The second-order valence-electron chi connectivity index (χ2n) is 6.93. The number of amides is 2. The van der Waals surface area contributed by atoms with Crippen molar-refractivity contribution < 1.29 is 9.59 Å². The molecule has 1 aliphatic rings. The Kier molecular flexibility index (Phi) is 5.68. The van der Waals surface area contributed by atoms with Gasteiger partial charge in [-0.25, -0.2) is 0 Å². The van der Waals surface area contributed by atoms with Gasteiger partial charge in [-0.2, -0.15) is 0 Å². The van der Waals surface area contributed by atoms with E-state index in [2.05, 4.69) is 29.3 Å². The van der Waals surface area contributed by atoms with E-state index in [1.54, 1.807) is 24.3 Å². The first-order chi connectivity index (χ1) is 12.5. The molecule has 3 N–H and O–H groups in total. The SMILES string of the molecule is C[C@H](C1CC1)N(CC(=O)Nc1ccccc1C(N)=O)Cc1ccccc1. The highest BCUT2D eigenvalue weighted by Gasteiger charge is 2.32. The van der Waals surface area contributed by atoms with Crippen LogP contribution in [-0.2, 0) is 11.3 Å². The lowest BCUT2D eigenvalue weighted by molar-refractivity contribution is -0.118. The standard InChI is InChI=1S/C21H25N3O2/c1-15(17-11-12-17)24(13-16-7-3-2-4-8-16)14-20(25)23-19-10-6-5-9-18(19)21(22)26/h2-10,15,17H,11-14H2,1H3,(H2,22,26)(H,23,25)/t15-/m1/s1. The summed E-state index contributed by atoms with van der Waals surface area (Å²) in [5.74, 6) is -0.0278. The zero-order chi connectivity index (χ0) is 18.5. The van der Waals surface area contributed by atoms with Gasteiger partial charge in [0.15, 0.2) is 0 Å². The van der Waals surface area contributed by atoms with Crippen molar-refractivity contribution in [2.45, 2.75) is 32.4 Å². The van der Waals surface area contributed by atoms with Crippen LogP contribution in [-0.4, -0.2) is 29.3 Å². The summed E-state index contributed by atoms with van der Waals surface area (Å²) in [5.41, 5.74) is 7.36. The Hall–Kier alpha value is -2.66.